The van der Waals surface area contributed by atoms with Gasteiger partial charge in [0, 0.05) is 13.1 Å². The first kappa shape index (κ1) is 16.6. The topological polar surface area (TPSA) is 66.9 Å². The molecule has 126 valence electrons. The van der Waals surface area contributed by atoms with E-state index < -0.39 is 0 Å². The lowest BCUT2D eigenvalue weighted by atomic mass is 10.1. The summed E-state index contributed by atoms with van der Waals surface area (Å²) in [5, 5.41) is 6.04. The summed E-state index contributed by atoms with van der Waals surface area (Å²) in [7, 11) is 0. The van der Waals surface area contributed by atoms with E-state index >= 15 is 0 Å². The van der Waals surface area contributed by atoms with Crippen LogP contribution in [0, 0.1) is 6.92 Å². The highest BCUT2D eigenvalue weighted by atomic mass is 16.1. The van der Waals surface area contributed by atoms with E-state index in [0.29, 0.717) is 24.6 Å². The van der Waals surface area contributed by atoms with Gasteiger partial charge in [-0.1, -0.05) is 60.2 Å². The van der Waals surface area contributed by atoms with Crippen LogP contribution in [0.1, 0.15) is 27.2 Å². The molecule has 0 unspecified atom stereocenters. The van der Waals surface area contributed by atoms with Crippen molar-refractivity contribution >= 4 is 11.7 Å². The monoisotopic (exact) mass is 332 g/mol. The Labute approximate surface area is 147 Å². The van der Waals surface area contributed by atoms with Gasteiger partial charge in [-0.25, -0.2) is 9.97 Å². The molecule has 2 aromatic carbocycles. The molecular weight excluding hydrogens is 312 g/mol. The highest BCUT2D eigenvalue weighted by molar-refractivity contribution is 5.91. The Bertz CT molecular complexity index is 815. The zero-order chi connectivity index (χ0) is 17.5. The first-order chi connectivity index (χ1) is 12.2. The van der Waals surface area contributed by atoms with Crippen LogP contribution < -0.4 is 10.6 Å². The van der Waals surface area contributed by atoms with Crippen LogP contribution in [0.4, 0.5) is 5.82 Å². The number of aryl methyl sites for hydroxylation is 1. The van der Waals surface area contributed by atoms with Crippen molar-refractivity contribution in [1.29, 1.82) is 0 Å². The number of carbonyl (C=O) groups excluding carboxylic acids is 1. The number of nitrogens with zero attached hydrogens (tertiary/aromatic N) is 2. The smallest absolute Gasteiger partial charge is 0.271 e. The van der Waals surface area contributed by atoms with Gasteiger partial charge in [-0.2, -0.15) is 0 Å². The van der Waals surface area contributed by atoms with E-state index in [9.17, 15) is 4.79 Å². The molecule has 25 heavy (non-hydrogen) atoms. The fraction of sp³-hybridized carbons (Fsp3) is 0.150. The normalized spacial score (nSPS) is 10.3. The molecule has 1 aromatic heterocycles. The van der Waals surface area contributed by atoms with Crippen molar-refractivity contribution < 1.29 is 4.79 Å². The van der Waals surface area contributed by atoms with E-state index in [1.165, 1.54) is 11.8 Å². The Hall–Kier alpha value is -3.21. The maximum Gasteiger partial charge on any atom is 0.271 e. The number of benzene rings is 2. The van der Waals surface area contributed by atoms with Crippen molar-refractivity contribution in [2.24, 2.45) is 0 Å². The number of hydrogen-bond acceptors (Lipinski definition) is 4. The van der Waals surface area contributed by atoms with Crippen LogP contribution in [0.3, 0.4) is 0 Å². The average molecular weight is 332 g/mol. The van der Waals surface area contributed by atoms with E-state index in [1.807, 2.05) is 61.5 Å². The molecule has 0 saturated carbocycles. The van der Waals surface area contributed by atoms with E-state index in [2.05, 4.69) is 20.6 Å². The summed E-state index contributed by atoms with van der Waals surface area (Å²) in [5.74, 6) is 0.404. The zero-order valence-electron chi connectivity index (χ0n) is 14.1. The SMILES string of the molecule is Cc1ccc(CNC(=O)c2cnc(NCc3ccccc3)cn2)cc1. The predicted octanol–water partition coefficient (Wildman–Crippen LogP) is 3.33. The molecule has 0 spiro atoms. The van der Waals surface area contributed by atoms with Gasteiger partial charge in [0.2, 0.25) is 0 Å². The molecule has 3 aromatic rings. The van der Waals surface area contributed by atoms with Gasteiger partial charge in [-0.15, -0.1) is 0 Å². The Morgan fingerprint density at radius 1 is 0.880 bits per heavy atom. The number of nitrogens with one attached hydrogen (secondary N) is 2. The quantitative estimate of drug-likeness (QED) is 0.726. The predicted molar refractivity (Wildman–Crippen MR) is 98.1 cm³/mol. The van der Waals surface area contributed by atoms with Crippen LogP contribution in [-0.4, -0.2) is 15.9 Å². The van der Waals surface area contributed by atoms with Gasteiger partial charge in [0.1, 0.15) is 11.5 Å². The second-order valence-corrected chi connectivity index (χ2v) is 5.79. The summed E-state index contributed by atoms with van der Waals surface area (Å²) in [6.45, 7) is 3.16. The van der Waals surface area contributed by atoms with Crippen molar-refractivity contribution in [3.63, 3.8) is 0 Å². The minimum atomic E-state index is -0.234. The number of hydrogen-bond donors (Lipinski definition) is 2. The van der Waals surface area contributed by atoms with Crippen LogP contribution in [0.25, 0.3) is 0 Å². The first-order valence-electron chi connectivity index (χ1n) is 8.14. The molecule has 0 bridgehead atoms. The largest absolute Gasteiger partial charge is 0.365 e. The first-order valence-corrected chi connectivity index (χ1v) is 8.14. The molecule has 0 saturated heterocycles. The van der Waals surface area contributed by atoms with E-state index in [-0.39, 0.29) is 5.91 Å². The second kappa shape index (κ2) is 8.06. The van der Waals surface area contributed by atoms with Gasteiger partial charge < -0.3 is 10.6 Å². The van der Waals surface area contributed by atoms with Crippen LogP contribution in [0.5, 0.6) is 0 Å². The Morgan fingerprint density at radius 2 is 1.60 bits per heavy atom. The maximum absolute atomic E-state index is 12.1. The van der Waals surface area contributed by atoms with Crippen LogP contribution in [0.2, 0.25) is 0 Å². The molecular formula is C20H20N4O. The van der Waals surface area contributed by atoms with Gasteiger partial charge >= 0.3 is 0 Å². The molecule has 0 aliphatic rings. The Balaban J connectivity index is 1.52. The van der Waals surface area contributed by atoms with Crippen molar-refractivity contribution in [3.05, 3.63) is 89.4 Å². The Morgan fingerprint density at radius 3 is 2.28 bits per heavy atom. The van der Waals surface area contributed by atoms with Crippen LogP contribution >= 0.6 is 0 Å². The summed E-state index contributed by atoms with van der Waals surface area (Å²) >= 11 is 0. The van der Waals surface area contributed by atoms with Crippen molar-refractivity contribution in [3.8, 4) is 0 Å². The fourth-order valence-corrected chi connectivity index (χ4v) is 2.30. The minimum Gasteiger partial charge on any atom is -0.365 e. The van der Waals surface area contributed by atoms with E-state index in [0.717, 1.165) is 11.1 Å². The molecule has 0 aliphatic heterocycles. The summed E-state index contributed by atoms with van der Waals surface area (Å²) in [5.41, 5.74) is 3.70. The van der Waals surface area contributed by atoms with Crippen molar-refractivity contribution in [1.82, 2.24) is 15.3 Å². The summed E-state index contributed by atoms with van der Waals surface area (Å²) in [6, 6.07) is 18.1. The van der Waals surface area contributed by atoms with Crippen LogP contribution in [0.15, 0.2) is 67.0 Å². The molecule has 5 nitrogen and oxygen atoms in total. The zero-order valence-corrected chi connectivity index (χ0v) is 14.1. The molecule has 1 heterocycles. The summed E-state index contributed by atoms with van der Waals surface area (Å²) < 4.78 is 0. The van der Waals surface area contributed by atoms with E-state index in [4.69, 9.17) is 0 Å². The third-order valence-electron chi connectivity index (χ3n) is 3.77. The molecule has 0 radical (unpaired) electrons. The highest BCUT2D eigenvalue weighted by Crippen LogP contribution is 2.06. The molecule has 5 heteroatoms. The summed E-state index contributed by atoms with van der Waals surface area (Å²) in [4.78, 5) is 20.6. The minimum absolute atomic E-state index is 0.234. The molecule has 3 rings (SSSR count). The lowest BCUT2D eigenvalue weighted by Gasteiger charge is -2.07. The van der Waals surface area contributed by atoms with E-state index in [1.54, 1.807) is 6.20 Å². The third kappa shape index (κ3) is 4.88. The maximum atomic E-state index is 12.1. The number of aromatic nitrogens is 2. The lowest BCUT2D eigenvalue weighted by Crippen LogP contribution is -2.24. The van der Waals surface area contributed by atoms with Crippen molar-refractivity contribution in [2.75, 3.05) is 5.32 Å². The van der Waals surface area contributed by atoms with Gasteiger partial charge in [0.25, 0.3) is 5.91 Å². The standard InChI is InChI=1S/C20H20N4O/c1-15-7-9-17(10-8-15)12-24-20(25)18-13-23-19(14-21-18)22-11-16-5-3-2-4-6-16/h2-10,13-14H,11-12H2,1H3,(H,22,23)(H,24,25). The molecule has 2 N–H and O–H groups in total. The summed E-state index contributed by atoms with van der Waals surface area (Å²) in [6.07, 6.45) is 3.06. The number of carbonyl (C=O) groups is 1. The second-order valence-electron chi connectivity index (χ2n) is 5.79. The number of anilines is 1. The van der Waals surface area contributed by atoms with Gasteiger partial charge in [-0.3, -0.25) is 4.79 Å². The number of rotatable bonds is 6. The van der Waals surface area contributed by atoms with Gasteiger partial charge in [0.15, 0.2) is 0 Å². The molecule has 0 atom stereocenters. The highest BCUT2D eigenvalue weighted by Gasteiger charge is 2.07. The molecule has 1 amide bonds. The lowest BCUT2D eigenvalue weighted by molar-refractivity contribution is 0.0945. The van der Waals surface area contributed by atoms with Crippen LogP contribution in [-0.2, 0) is 13.1 Å². The third-order valence-corrected chi connectivity index (χ3v) is 3.77. The van der Waals surface area contributed by atoms with Crippen molar-refractivity contribution in [2.45, 2.75) is 20.0 Å². The fourth-order valence-electron chi connectivity index (χ4n) is 2.30. The van der Waals surface area contributed by atoms with Gasteiger partial charge in [-0.05, 0) is 18.1 Å². The average Bonchev–Trinajstić information content (AvgIpc) is 2.67. The molecule has 0 aliphatic carbocycles. The van der Waals surface area contributed by atoms with Gasteiger partial charge in [0.05, 0.1) is 12.4 Å². The number of amides is 1. The Kier molecular flexibility index (Phi) is 5.36. The molecule has 0 fully saturated rings.